The topological polar surface area (TPSA) is 40.5 Å². The maximum atomic E-state index is 8.81. The lowest BCUT2D eigenvalue weighted by atomic mass is 10.2. The van der Waals surface area contributed by atoms with Crippen molar-refractivity contribution in [1.29, 1.82) is 0 Å². The van der Waals surface area contributed by atoms with Gasteiger partial charge in [-0.1, -0.05) is 0 Å². The summed E-state index contributed by atoms with van der Waals surface area (Å²) in [5, 5.41) is 17.1. The average Bonchev–Trinajstić information content (AvgIpc) is 1.68. The zero-order chi connectivity index (χ0) is 5.91. The van der Waals surface area contributed by atoms with Crippen LogP contribution in [0.2, 0.25) is 0 Å². The standard InChI is InChI=1S/C4H10O2S/c1-4(6,2-5)3-7/h5-7H,2-3H2,1H3. The minimum absolute atomic E-state index is 0.226. The first-order chi connectivity index (χ1) is 3.12. The highest BCUT2D eigenvalue weighted by Gasteiger charge is 2.14. The predicted octanol–water partition coefficient (Wildman–Crippen LogP) is -0.340. The summed E-state index contributed by atoms with van der Waals surface area (Å²) in [5.41, 5.74) is -0.997. The zero-order valence-electron chi connectivity index (χ0n) is 4.26. The monoisotopic (exact) mass is 122 g/mol. The lowest BCUT2D eigenvalue weighted by Gasteiger charge is -2.15. The van der Waals surface area contributed by atoms with Gasteiger partial charge in [-0.2, -0.15) is 12.6 Å². The second-order valence-electron chi connectivity index (χ2n) is 1.81. The first-order valence-corrected chi connectivity index (χ1v) is 2.70. The van der Waals surface area contributed by atoms with E-state index in [0.29, 0.717) is 5.75 Å². The molecule has 7 heavy (non-hydrogen) atoms. The SMILES string of the molecule is CC(O)(CO)CS. The molecular weight excluding hydrogens is 112 g/mol. The average molecular weight is 122 g/mol. The molecular formula is C4H10O2S. The van der Waals surface area contributed by atoms with Crippen molar-refractivity contribution in [2.45, 2.75) is 12.5 Å². The fourth-order valence-electron chi connectivity index (χ4n) is 0.0500. The van der Waals surface area contributed by atoms with E-state index in [0.717, 1.165) is 0 Å². The van der Waals surface area contributed by atoms with E-state index in [1.165, 1.54) is 6.92 Å². The van der Waals surface area contributed by atoms with Crippen molar-refractivity contribution in [3.63, 3.8) is 0 Å². The number of rotatable bonds is 2. The quantitative estimate of drug-likeness (QED) is 0.438. The molecule has 0 spiro atoms. The van der Waals surface area contributed by atoms with Crippen LogP contribution in [0.5, 0.6) is 0 Å². The zero-order valence-corrected chi connectivity index (χ0v) is 5.15. The molecule has 0 aromatic heterocycles. The van der Waals surface area contributed by atoms with E-state index in [4.69, 9.17) is 10.2 Å². The normalized spacial score (nSPS) is 18.9. The van der Waals surface area contributed by atoms with Crippen LogP contribution < -0.4 is 0 Å². The molecule has 0 heterocycles. The van der Waals surface area contributed by atoms with Gasteiger partial charge in [0.1, 0.15) is 0 Å². The Morgan fingerprint density at radius 2 is 2.14 bits per heavy atom. The molecule has 44 valence electrons. The Labute approximate surface area is 48.6 Å². The molecule has 0 amide bonds. The van der Waals surface area contributed by atoms with Gasteiger partial charge in [0.05, 0.1) is 12.2 Å². The Balaban J connectivity index is 3.36. The van der Waals surface area contributed by atoms with E-state index in [1.54, 1.807) is 0 Å². The van der Waals surface area contributed by atoms with E-state index in [-0.39, 0.29) is 6.61 Å². The van der Waals surface area contributed by atoms with Crippen molar-refractivity contribution in [2.75, 3.05) is 12.4 Å². The smallest absolute Gasteiger partial charge is 0.0936 e. The highest BCUT2D eigenvalue weighted by atomic mass is 32.1. The fourth-order valence-corrected chi connectivity index (χ4v) is 0.150. The molecule has 0 bridgehead atoms. The van der Waals surface area contributed by atoms with Crippen molar-refractivity contribution in [3.8, 4) is 0 Å². The third-order valence-electron chi connectivity index (χ3n) is 0.681. The van der Waals surface area contributed by atoms with Crippen molar-refractivity contribution < 1.29 is 10.2 Å². The van der Waals surface area contributed by atoms with E-state index in [2.05, 4.69) is 12.6 Å². The van der Waals surface area contributed by atoms with Gasteiger partial charge in [0.2, 0.25) is 0 Å². The van der Waals surface area contributed by atoms with Gasteiger partial charge in [-0.05, 0) is 6.92 Å². The van der Waals surface area contributed by atoms with Crippen molar-refractivity contribution in [2.24, 2.45) is 0 Å². The molecule has 3 heteroatoms. The molecule has 2 N–H and O–H groups in total. The van der Waals surface area contributed by atoms with Gasteiger partial charge in [-0.15, -0.1) is 0 Å². The van der Waals surface area contributed by atoms with E-state index in [1.807, 2.05) is 0 Å². The van der Waals surface area contributed by atoms with Crippen LogP contribution >= 0.6 is 12.6 Å². The molecule has 1 atom stereocenters. The number of aliphatic hydroxyl groups is 2. The van der Waals surface area contributed by atoms with Crippen LogP contribution in [0.4, 0.5) is 0 Å². The summed E-state index contributed by atoms with van der Waals surface area (Å²) in [6.45, 7) is 1.30. The second-order valence-corrected chi connectivity index (χ2v) is 2.13. The van der Waals surface area contributed by atoms with Crippen LogP contribution in [0.15, 0.2) is 0 Å². The number of hydrogen-bond acceptors (Lipinski definition) is 3. The van der Waals surface area contributed by atoms with E-state index < -0.39 is 5.60 Å². The summed E-state index contributed by atoms with van der Waals surface area (Å²) in [6.07, 6.45) is 0. The third-order valence-corrected chi connectivity index (χ3v) is 1.36. The summed E-state index contributed by atoms with van der Waals surface area (Å²) >= 11 is 3.77. The Hall–Kier alpha value is 0.270. The van der Waals surface area contributed by atoms with Gasteiger partial charge in [-0.25, -0.2) is 0 Å². The largest absolute Gasteiger partial charge is 0.393 e. The minimum Gasteiger partial charge on any atom is -0.393 e. The Morgan fingerprint density at radius 3 is 2.14 bits per heavy atom. The first-order valence-electron chi connectivity index (χ1n) is 2.06. The summed E-state index contributed by atoms with van der Waals surface area (Å²) in [6, 6.07) is 0. The number of aliphatic hydroxyl groups excluding tert-OH is 1. The lowest BCUT2D eigenvalue weighted by molar-refractivity contribution is 0.0228. The van der Waals surface area contributed by atoms with Gasteiger partial charge in [-0.3, -0.25) is 0 Å². The number of hydrogen-bond donors (Lipinski definition) is 3. The first kappa shape index (κ1) is 7.27. The molecule has 0 saturated heterocycles. The molecule has 0 aliphatic rings. The van der Waals surface area contributed by atoms with Crippen LogP contribution in [0.25, 0.3) is 0 Å². The van der Waals surface area contributed by atoms with Gasteiger partial charge < -0.3 is 10.2 Å². The second kappa shape index (κ2) is 2.55. The van der Waals surface area contributed by atoms with Crippen LogP contribution in [0.1, 0.15) is 6.92 Å². The summed E-state index contributed by atoms with van der Waals surface area (Å²) in [5.74, 6) is 0.295. The molecule has 0 aromatic carbocycles. The van der Waals surface area contributed by atoms with Crippen LogP contribution in [0.3, 0.4) is 0 Å². The van der Waals surface area contributed by atoms with Gasteiger partial charge in [0.15, 0.2) is 0 Å². The van der Waals surface area contributed by atoms with E-state index in [9.17, 15) is 0 Å². The van der Waals surface area contributed by atoms with Crippen LogP contribution in [-0.2, 0) is 0 Å². The number of thiol groups is 1. The van der Waals surface area contributed by atoms with Crippen molar-refractivity contribution in [1.82, 2.24) is 0 Å². The molecule has 0 aromatic rings. The molecule has 2 nitrogen and oxygen atoms in total. The molecule has 0 aliphatic heterocycles. The van der Waals surface area contributed by atoms with Crippen LogP contribution in [0, 0.1) is 0 Å². The maximum Gasteiger partial charge on any atom is 0.0936 e. The lowest BCUT2D eigenvalue weighted by Crippen LogP contribution is -2.30. The Bertz CT molecular complexity index is 47.7. The molecule has 0 aliphatic carbocycles. The van der Waals surface area contributed by atoms with Crippen molar-refractivity contribution in [3.05, 3.63) is 0 Å². The molecule has 1 unspecified atom stereocenters. The molecule has 0 saturated carbocycles. The molecule has 0 rings (SSSR count). The van der Waals surface area contributed by atoms with Gasteiger partial charge in [0.25, 0.3) is 0 Å². The van der Waals surface area contributed by atoms with Crippen LogP contribution in [-0.4, -0.2) is 28.2 Å². The van der Waals surface area contributed by atoms with Gasteiger partial charge >= 0.3 is 0 Å². The molecule has 0 radical (unpaired) electrons. The molecule has 0 fully saturated rings. The summed E-state index contributed by atoms with van der Waals surface area (Å²) in [4.78, 5) is 0. The highest BCUT2D eigenvalue weighted by Crippen LogP contribution is 2.01. The predicted molar refractivity (Wildman–Crippen MR) is 31.6 cm³/mol. The minimum atomic E-state index is -0.997. The Kier molecular flexibility index (Phi) is 2.64. The summed E-state index contributed by atoms with van der Waals surface area (Å²) in [7, 11) is 0. The highest BCUT2D eigenvalue weighted by molar-refractivity contribution is 7.80. The summed E-state index contributed by atoms with van der Waals surface area (Å²) < 4.78 is 0. The van der Waals surface area contributed by atoms with E-state index >= 15 is 0 Å². The Morgan fingerprint density at radius 1 is 1.71 bits per heavy atom. The van der Waals surface area contributed by atoms with Gasteiger partial charge in [0, 0.05) is 5.75 Å². The van der Waals surface area contributed by atoms with Crippen molar-refractivity contribution >= 4 is 12.6 Å². The fraction of sp³-hybridized carbons (Fsp3) is 1.00. The maximum absolute atomic E-state index is 8.81. The third kappa shape index (κ3) is 2.91.